The van der Waals surface area contributed by atoms with Crippen molar-refractivity contribution < 1.29 is 4.39 Å². The second-order valence-corrected chi connectivity index (χ2v) is 5.21. The molecule has 0 bridgehead atoms. The van der Waals surface area contributed by atoms with Crippen molar-refractivity contribution in [3.8, 4) is 11.3 Å². The second-order valence-electron chi connectivity index (χ2n) is 4.09. The van der Waals surface area contributed by atoms with E-state index in [0.29, 0.717) is 0 Å². The minimum atomic E-state index is -0.179. The number of hydrogen-bond acceptors (Lipinski definition) is 3. The van der Waals surface area contributed by atoms with Crippen molar-refractivity contribution in [2.24, 2.45) is 5.73 Å². The van der Waals surface area contributed by atoms with Gasteiger partial charge in [0, 0.05) is 16.9 Å². The quantitative estimate of drug-likeness (QED) is 0.703. The molecule has 0 aliphatic heterocycles. The Labute approximate surface area is 96.9 Å². The molecule has 1 aliphatic rings. The van der Waals surface area contributed by atoms with Crippen LogP contribution in [-0.4, -0.2) is 4.98 Å². The van der Waals surface area contributed by atoms with Crippen LogP contribution in [0.4, 0.5) is 4.39 Å². The molecule has 82 valence electrons. The number of fused-ring (bicyclic) bond motifs is 3. The molecule has 0 spiro atoms. The minimum Gasteiger partial charge on any atom is -0.322 e. The summed E-state index contributed by atoms with van der Waals surface area (Å²) in [4.78, 5) is 5.73. The van der Waals surface area contributed by atoms with Gasteiger partial charge < -0.3 is 5.73 Å². The highest BCUT2D eigenvalue weighted by Crippen LogP contribution is 2.40. The van der Waals surface area contributed by atoms with Gasteiger partial charge in [-0.05, 0) is 30.7 Å². The number of aromatic nitrogens is 1. The van der Waals surface area contributed by atoms with E-state index in [1.54, 1.807) is 23.5 Å². The van der Waals surface area contributed by atoms with E-state index in [-0.39, 0.29) is 11.9 Å². The number of nitrogens with zero attached hydrogens (tertiary/aromatic N) is 1. The van der Waals surface area contributed by atoms with Crippen LogP contribution in [0.15, 0.2) is 18.2 Å². The minimum absolute atomic E-state index is 0.0282. The highest BCUT2D eigenvalue weighted by Gasteiger charge is 2.24. The molecule has 1 atom stereocenters. The van der Waals surface area contributed by atoms with Crippen molar-refractivity contribution in [2.75, 3.05) is 0 Å². The van der Waals surface area contributed by atoms with Crippen molar-refractivity contribution in [2.45, 2.75) is 19.4 Å². The van der Waals surface area contributed by atoms with Gasteiger partial charge in [-0.3, -0.25) is 0 Å². The molecule has 4 heteroatoms. The van der Waals surface area contributed by atoms with Crippen LogP contribution in [0.1, 0.15) is 28.4 Å². The topological polar surface area (TPSA) is 38.9 Å². The van der Waals surface area contributed by atoms with Gasteiger partial charge in [0.2, 0.25) is 0 Å². The SMILES string of the molecule is CC(N)c1nc2c(s1)Cc1cc(F)ccc1-2. The van der Waals surface area contributed by atoms with Crippen molar-refractivity contribution in [1.29, 1.82) is 0 Å². The molecule has 1 aromatic carbocycles. The predicted molar refractivity (Wildman–Crippen MR) is 62.9 cm³/mol. The van der Waals surface area contributed by atoms with Crippen LogP contribution >= 0.6 is 11.3 Å². The maximum Gasteiger partial charge on any atom is 0.123 e. The molecular weight excluding hydrogens is 223 g/mol. The molecule has 0 saturated heterocycles. The molecule has 1 heterocycles. The van der Waals surface area contributed by atoms with Crippen molar-refractivity contribution in [3.05, 3.63) is 39.5 Å². The number of rotatable bonds is 1. The summed E-state index contributed by atoms with van der Waals surface area (Å²) >= 11 is 1.63. The molecule has 1 unspecified atom stereocenters. The first-order chi connectivity index (χ1) is 7.65. The molecule has 0 radical (unpaired) electrons. The van der Waals surface area contributed by atoms with E-state index in [1.807, 2.05) is 6.92 Å². The van der Waals surface area contributed by atoms with Crippen LogP contribution in [0.3, 0.4) is 0 Å². The molecule has 16 heavy (non-hydrogen) atoms. The van der Waals surface area contributed by atoms with Gasteiger partial charge in [-0.2, -0.15) is 0 Å². The summed E-state index contributed by atoms with van der Waals surface area (Å²) in [5.74, 6) is -0.179. The number of nitrogens with two attached hydrogens (primary N) is 1. The number of benzene rings is 1. The van der Waals surface area contributed by atoms with Crippen LogP contribution in [-0.2, 0) is 6.42 Å². The van der Waals surface area contributed by atoms with Gasteiger partial charge in [0.05, 0.1) is 11.7 Å². The Hall–Kier alpha value is -1.26. The fraction of sp³-hybridized carbons (Fsp3) is 0.250. The lowest BCUT2D eigenvalue weighted by atomic mass is 10.1. The molecule has 0 saturated carbocycles. The fourth-order valence-electron chi connectivity index (χ4n) is 2.01. The normalized spacial score (nSPS) is 14.7. The van der Waals surface area contributed by atoms with E-state index < -0.39 is 0 Å². The fourth-order valence-corrected chi connectivity index (χ4v) is 3.06. The molecule has 2 nitrogen and oxygen atoms in total. The van der Waals surface area contributed by atoms with E-state index in [0.717, 1.165) is 28.2 Å². The monoisotopic (exact) mass is 234 g/mol. The molecule has 3 rings (SSSR count). The van der Waals surface area contributed by atoms with Crippen LogP contribution in [0.25, 0.3) is 11.3 Å². The van der Waals surface area contributed by atoms with Gasteiger partial charge >= 0.3 is 0 Å². The van der Waals surface area contributed by atoms with Crippen molar-refractivity contribution in [1.82, 2.24) is 4.98 Å². The molecule has 0 amide bonds. The second kappa shape index (κ2) is 3.37. The Bertz CT molecular complexity index is 560. The summed E-state index contributed by atoms with van der Waals surface area (Å²) in [7, 11) is 0. The van der Waals surface area contributed by atoms with Gasteiger partial charge in [-0.1, -0.05) is 0 Å². The molecule has 2 aromatic rings. The molecular formula is C12H11FN2S. The summed E-state index contributed by atoms with van der Waals surface area (Å²) in [6.45, 7) is 1.93. The summed E-state index contributed by atoms with van der Waals surface area (Å²) in [6.07, 6.45) is 0.785. The lowest BCUT2D eigenvalue weighted by molar-refractivity contribution is 0.626. The van der Waals surface area contributed by atoms with E-state index in [9.17, 15) is 4.39 Å². The number of thiazole rings is 1. The van der Waals surface area contributed by atoms with Gasteiger partial charge in [0.25, 0.3) is 0 Å². The first kappa shape index (κ1) is 9.93. The van der Waals surface area contributed by atoms with Crippen LogP contribution in [0.5, 0.6) is 0 Å². The molecule has 1 aliphatic carbocycles. The van der Waals surface area contributed by atoms with E-state index in [4.69, 9.17) is 5.73 Å². The average Bonchev–Trinajstić information content (AvgIpc) is 2.73. The zero-order chi connectivity index (χ0) is 11.3. The number of halogens is 1. The highest BCUT2D eigenvalue weighted by atomic mass is 32.1. The Balaban J connectivity index is 2.13. The maximum absolute atomic E-state index is 13.1. The van der Waals surface area contributed by atoms with E-state index >= 15 is 0 Å². The highest BCUT2D eigenvalue weighted by molar-refractivity contribution is 7.12. The van der Waals surface area contributed by atoms with E-state index in [1.165, 1.54) is 10.9 Å². The smallest absolute Gasteiger partial charge is 0.123 e. The summed E-state index contributed by atoms with van der Waals surface area (Å²) < 4.78 is 13.1. The number of hydrogen-bond donors (Lipinski definition) is 1. The van der Waals surface area contributed by atoms with Crippen LogP contribution in [0, 0.1) is 5.82 Å². The molecule has 0 fully saturated rings. The molecule has 2 N–H and O–H groups in total. The van der Waals surface area contributed by atoms with Crippen LogP contribution < -0.4 is 5.73 Å². The van der Waals surface area contributed by atoms with Crippen molar-refractivity contribution in [3.63, 3.8) is 0 Å². The Morgan fingerprint density at radius 3 is 3.06 bits per heavy atom. The first-order valence-corrected chi connectivity index (χ1v) is 6.01. The first-order valence-electron chi connectivity index (χ1n) is 5.19. The third kappa shape index (κ3) is 1.37. The Morgan fingerprint density at radius 1 is 1.50 bits per heavy atom. The average molecular weight is 234 g/mol. The van der Waals surface area contributed by atoms with E-state index in [2.05, 4.69) is 4.98 Å². The lowest BCUT2D eigenvalue weighted by Crippen LogP contribution is -2.04. The lowest BCUT2D eigenvalue weighted by Gasteiger charge is -2.01. The van der Waals surface area contributed by atoms with Gasteiger partial charge in [-0.25, -0.2) is 9.37 Å². The Morgan fingerprint density at radius 2 is 2.31 bits per heavy atom. The molecule has 1 aromatic heterocycles. The third-order valence-corrected chi connectivity index (χ3v) is 4.03. The van der Waals surface area contributed by atoms with Crippen LogP contribution in [0.2, 0.25) is 0 Å². The third-order valence-electron chi connectivity index (χ3n) is 2.78. The van der Waals surface area contributed by atoms with Gasteiger partial charge in [0.1, 0.15) is 10.8 Å². The predicted octanol–water partition coefficient (Wildman–Crippen LogP) is 2.87. The van der Waals surface area contributed by atoms with Gasteiger partial charge in [0.15, 0.2) is 0 Å². The summed E-state index contributed by atoms with van der Waals surface area (Å²) in [5, 5.41) is 0.958. The largest absolute Gasteiger partial charge is 0.322 e. The summed E-state index contributed by atoms with van der Waals surface area (Å²) in [6, 6.07) is 4.86. The maximum atomic E-state index is 13.1. The Kier molecular flexibility index (Phi) is 2.09. The zero-order valence-electron chi connectivity index (χ0n) is 8.83. The zero-order valence-corrected chi connectivity index (χ0v) is 9.64. The standard InChI is InChI=1S/C12H11FN2S/c1-6(14)12-15-11-9-3-2-8(13)4-7(9)5-10(11)16-12/h2-4,6H,5,14H2,1H3. The summed E-state index contributed by atoms with van der Waals surface area (Å²) in [5.41, 5.74) is 8.89. The van der Waals surface area contributed by atoms with Crippen molar-refractivity contribution >= 4 is 11.3 Å². The van der Waals surface area contributed by atoms with Gasteiger partial charge in [-0.15, -0.1) is 11.3 Å².